The van der Waals surface area contributed by atoms with Gasteiger partial charge in [-0.1, -0.05) is 71.3 Å². The van der Waals surface area contributed by atoms with Crippen LogP contribution in [-0.4, -0.2) is 15.0 Å². The first-order valence-electron chi connectivity index (χ1n) is 9.06. The third-order valence-corrected chi connectivity index (χ3v) is 4.42. The fraction of sp³-hybridized carbons (Fsp3) is 0.125. The molecule has 0 N–H and O–H groups in total. The van der Waals surface area contributed by atoms with E-state index in [-0.39, 0.29) is 0 Å². The number of aryl methyl sites for hydroxylation is 3. The second kappa shape index (κ2) is 7.12. The van der Waals surface area contributed by atoms with Gasteiger partial charge in [-0.15, -0.1) is 0 Å². The molecular weight excluding hydrogens is 330 g/mol. The lowest BCUT2D eigenvalue weighted by Gasteiger charge is -2.10. The quantitative estimate of drug-likeness (QED) is 0.468. The number of benzene rings is 3. The lowest BCUT2D eigenvalue weighted by molar-refractivity contribution is 1.07. The van der Waals surface area contributed by atoms with Crippen LogP contribution < -0.4 is 0 Å². The maximum Gasteiger partial charge on any atom is 0.164 e. The zero-order valence-corrected chi connectivity index (χ0v) is 15.8. The number of hydrogen-bond acceptors (Lipinski definition) is 3. The van der Waals surface area contributed by atoms with Gasteiger partial charge in [-0.3, -0.25) is 0 Å². The van der Waals surface area contributed by atoms with E-state index in [4.69, 9.17) is 15.0 Å². The average Bonchev–Trinajstić information content (AvgIpc) is 2.67. The van der Waals surface area contributed by atoms with Crippen LogP contribution in [0.5, 0.6) is 0 Å². The van der Waals surface area contributed by atoms with E-state index in [1.54, 1.807) is 0 Å². The summed E-state index contributed by atoms with van der Waals surface area (Å²) in [6.45, 7) is 6.27. The Hall–Kier alpha value is -3.33. The number of nitrogens with zero attached hydrogens (tertiary/aromatic N) is 3. The van der Waals surface area contributed by atoms with Gasteiger partial charge >= 0.3 is 0 Å². The second-order valence-electron chi connectivity index (χ2n) is 6.92. The molecule has 1 aromatic heterocycles. The van der Waals surface area contributed by atoms with Crippen LogP contribution in [0.3, 0.4) is 0 Å². The van der Waals surface area contributed by atoms with Gasteiger partial charge in [0, 0.05) is 16.7 Å². The van der Waals surface area contributed by atoms with Crippen LogP contribution in [0.15, 0.2) is 72.8 Å². The largest absolute Gasteiger partial charge is 0.208 e. The Morgan fingerprint density at radius 1 is 0.444 bits per heavy atom. The molecule has 0 atom stereocenters. The zero-order valence-electron chi connectivity index (χ0n) is 15.8. The first kappa shape index (κ1) is 17.1. The maximum absolute atomic E-state index is 4.80. The van der Waals surface area contributed by atoms with E-state index in [1.807, 2.05) is 42.5 Å². The predicted molar refractivity (Wildman–Crippen MR) is 110 cm³/mol. The van der Waals surface area contributed by atoms with E-state index in [0.717, 1.165) is 16.7 Å². The van der Waals surface area contributed by atoms with Gasteiger partial charge in [-0.05, 0) is 39.0 Å². The summed E-state index contributed by atoms with van der Waals surface area (Å²) in [5.41, 5.74) is 6.58. The normalized spacial score (nSPS) is 10.8. The van der Waals surface area contributed by atoms with E-state index >= 15 is 0 Å². The minimum atomic E-state index is 0.691. The Morgan fingerprint density at radius 2 is 0.963 bits per heavy atom. The number of rotatable bonds is 3. The molecular formula is C24H21N3. The molecule has 0 aliphatic rings. The number of hydrogen-bond donors (Lipinski definition) is 0. The van der Waals surface area contributed by atoms with E-state index in [0.29, 0.717) is 17.5 Å². The highest BCUT2D eigenvalue weighted by Gasteiger charge is 2.12. The number of aromatic nitrogens is 3. The third-order valence-electron chi connectivity index (χ3n) is 4.42. The molecule has 3 heteroatoms. The summed E-state index contributed by atoms with van der Waals surface area (Å²) < 4.78 is 0. The molecule has 0 amide bonds. The van der Waals surface area contributed by atoms with Crippen LogP contribution in [-0.2, 0) is 0 Å². The molecule has 0 radical (unpaired) electrons. The van der Waals surface area contributed by atoms with Crippen molar-refractivity contribution >= 4 is 0 Å². The van der Waals surface area contributed by atoms with Crippen molar-refractivity contribution in [2.75, 3.05) is 0 Å². The standard InChI is InChI=1S/C24H21N3/c1-16-8-7-11-20(13-16)23-25-22(19-9-5-4-6-10-19)26-24(27-23)21-14-17(2)12-18(3)15-21/h4-15H,1-3H3. The molecule has 0 fully saturated rings. The maximum atomic E-state index is 4.80. The van der Waals surface area contributed by atoms with Crippen molar-refractivity contribution in [2.24, 2.45) is 0 Å². The lowest BCUT2D eigenvalue weighted by atomic mass is 10.1. The summed E-state index contributed by atoms with van der Waals surface area (Å²) in [7, 11) is 0. The van der Waals surface area contributed by atoms with Crippen molar-refractivity contribution in [1.29, 1.82) is 0 Å². The fourth-order valence-electron chi connectivity index (χ4n) is 3.24. The summed E-state index contributed by atoms with van der Waals surface area (Å²) in [5, 5.41) is 0. The molecule has 3 nitrogen and oxygen atoms in total. The molecule has 27 heavy (non-hydrogen) atoms. The summed E-state index contributed by atoms with van der Waals surface area (Å²) in [6.07, 6.45) is 0. The Balaban J connectivity index is 1.94. The summed E-state index contributed by atoms with van der Waals surface area (Å²) >= 11 is 0. The van der Waals surface area contributed by atoms with E-state index in [9.17, 15) is 0 Å². The predicted octanol–water partition coefficient (Wildman–Crippen LogP) is 5.80. The molecule has 0 saturated heterocycles. The zero-order chi connectivity index (χ0) is 18.8. The topological polar surface area (TPSA) is 38.7 Å². The highest BCUT2D eigenvalue weighted by molar-refractivity contribution is 5.67. The van der Waals surface area contributed by atoms with Crippen LogP contribution in [0.25, 0.3) is 34.2 Å². The van der Waals surface area contributed by atoms with Gasteiger partial charge in [0.25, 0.3) is 0 Å². The van der Waals surface area contributed by atoms with Gasteiger partial charge in [0.1, 0.15) is 0 Å². The van der Waals surface area contributed by atoms with Crippen LogP contribution in [0.4, 0.5) is 0 Å². The van der Waals surface area contributed by atoms with Crippen LogP contribution in [0.1, 0.15) is 16.7 Å². The van der Waals surface area contributed by atoms with Crippen LogP contribution >= 0.6 is 0 Å². The van der Waals surface area contributed by atoms with Gasteiger partial charge in [0.2, 0.25) is 0 Å². The Kier molecular flexibility index (Phi) is 4.51. The Morgan fingerprint density at radius 3 is 1.59 bits per heavy atom. The molecule has 0 aliphatic heterocycles. The van der Waals surface area contributed by atoms with Crippen molar-refractivity contribution in [3.63, 3.8) is 0 Å². The Bertz CT molecular complexity index is 1080. The first-order chi connectivity index (χ1) is 13.1. The smallest absolute Gasteiger partial charge is 0.164 e. The summed E-state index contributed by atoms with van der Waals surface area (Å²) in [6, 6.07) is 24.7. The minimum Gasteiger partial charge on any atom is -0.208 e. The van der Waals surface area contributed by atoms with Crippen molar-refractivity contribution < 1.29 is 0 Å². The minimum absolute atomic E-state index is 0.691. The van der Waals surface area contributed by atoms with E-state index in [2.05, 4.69) is 51.1 Å². The van der Waals surface area contributed by atoms with E-state index in [1.165, 1.54) is 16.7 Å². The first-order valence-corrected chi connectivity index (χ1v) is 9.06. The molecule has 0 spiro atoms. The lowest BCUT2D eigenvalue weighted by Crippen LogP contribution is -2.00. The van der Waals surface area contributed by atoms with Gasteiger partial charge < -0.3 is 0 Å². The summed E-state index contributed by atoms with van der Waals surface area (Å²) in [5.74, 6) is 2.09. The molecule has 0 unspecified atom stereocenters. The Labute approximate surface area is 159 Å². The van der Waals surface area contributed by atoms with Gasteiger partial charge in [-0.2, -0.15) is 0 Å². The third kappa shape index (κ3) is 3.77. The monoisotopic (exact) mass is 351 g/mol. The van der Waals surface area contributed by atoms with Crippen molar-refractivity contribution in [2.45, 2.75) is 20.8 Å². The van der Waals surface area contributed by atoms with E-state index < -0.39 is 0 Å². The molecule has 132 valence electrons. The molecule has 3 aromatic carbocycles. The molecule has 4 aromatic rings. The highest BCUT2D eigenvalue weighted by atomic mass is 15.0. The van der Waals surface area contributed by atoms with Crippen LogP contribution in [0.2, 0.25) is 0 Å². The molecule has 4 rings (SSSR count). The summed E-state index contributed by atoms with van der Waals surface area (Å²) in [4.78, 5) is 14.3. The van der Waals surface area contributed by atoms with Crippen molar-refractivity contribution in [1.82, 2.24) is 15.0 Å². The van der Waals surface area contributed by atoms with Gasteiger partial charge in [0.05, 0.1) is 0 Å². The fourth-order valence-corrected chi connectivity index (χ4v) is 3.24. The van der Waals surface area contributed by atoms with Crippen LogP contribution in [0, 0.1) is 20.8 Å². The molecule has 0 bridgehead atoms. The average molecular weight is 351 g/mol. The highest BCUT2D eigenvalue weighted by Crippen LogP contribution is 2.26. The molecule has 1 heterocycles. The van der Waals surface area contributed by atoms with Gasteiger partial charge in [0.15, 0.2) is 17.5 Å². The van der Waals surface area contributed by atoms with Crippen molar-refractivity contribution in [3.8, 4) is 34.2 Å². The second-order valence-corrected chi connectivity index (χ2v) is 6.92. The molecule has 0 saturated carbocycles. The SMILES string of the molecule is Cc1cccc(-c2nc(-c3ccccc3)nc(-c3cc(C)cc(C)c3)n2)c1. The molecule has 0 aliphatic carbocycles. The van der Waals surface area contributed by atoms with Gasteiger partial charge in [-0.25, -0.2) is 15.0 Å². The van der Waals surface area contributed by atoms with Crippen molar-refractivity contribution in [3.05, 3.63) is 89.5 Å².